The molecule has 0 bridgehead atoms. The van der Waals surface area contributed by atoms with Gasteiger partial charge in [-0.25, -0.2) is 0 Å². The summed E-state index contributed by atoms with van der Waals surface area (Å²) in [5.74, 6) is -0.305. The highest BCUT2D eigenvalue weighted by molar-refractivity contribution is 5.86. The molecule has 0 aromatic heterocycles. The minimum Gasteiger partial charge on any atom is -0.367 e. The van der Waals surface area contributed by atoms with Crippen LogP contribution in [0.4, 0.5) is 0 Å². The molecule has 0 unspecified atom stereocenters. The lowest BCUT2D eigenvalue weighted by Crippen LogP contribution is -2.33. The van der Waals surface area contributed by atoms with Crippen molar-refractivity contribution in [1.29, 1.82) is 0 Å². The molecular weight excluding hydrogens is 130 g/mol. The molecule has 3 nitrogen and oxygen atoms in total. The molecule has 3 heteroatoms. The largest absolute Gasteiger partial charge is 0.367 e. The minimum atomic E-state index is -0.560. The number of ether oxygens (including phenoxy) is 1. The van der Waals surface area contributed by atoms with Crippen LogP contribution in [0.25, 0.3) is 0 Å². The Labute approximate surface area is 60.5 Å². The van der Waals surface area contributed by atoms with Gasteiger partial charge in [0.15, 0.2) is 0 Å². The molecule has 1 amide bonds. The first-order chi connectivity index (χ1) is 4.71. The fourth-order valence-corrected chi connectivity index (χ4v) is 0.873. The number of rotatable bonds is 4. The van der Waals surface area contributed by atoms with Crippen molar-refractivity contribution < 1.29 is 9.53 Å². The maximum Gasteiger partial charge on any atom is 0.249 e. The third-order valence-electron chi connectivity index (χ3n) is 1.74. The second-order valence-corrected chi connectivity index (χ2v) is 2.71. The van der Waals surface area contributed by atoms with Crippen molar-refractivity contribution in [3.05, 3.63) is 0 Å². The second kappa shape index (κ2) is 2.58. The number of hydrogen-bond acceptors (Lipinski definition) is 2. The average molecular weight is 143 g/mol. The molecule has 0 aromatic carbocycles. The van der Waals surface area contributed by atoms with Crippen LogP contribution in [0.3, 0.4) is 0 Å². The smallest absolute Gasteiger partial charge is 0.249 e. The normalized spacial score (nSPS) is 20.5. The molecule has 2 N–H and O–H groups in total. The van der Waals surface area contributed by atoms with Crippen molar-refractivity contribution >= 4 is 5.91 Å². The first kappa shape index (κ1) is 7.54. The summed E-state index contributed by atoms with van der Waals surface area (Å²) in [5, 5.41) is 0. The molecule has 1 rings (SSSR count). The number of hydrogen-bond donors (Lipinski definition) is 1. The van der Waals surface area contributed by atoms with Crippen molar-refractivity contribution in [3.8, 4) is 0 Å². The van der Waals surface area contributed by atoms with Gasteiger partial charge in [-0.2, -0.15) is 0 Å². The van der Waals surface area contributed by atoms with E-state index in [0.717, 1.165) is 19.3 Å². The van der Waals surface area contributed by atoms with Crippen LogP contribution in [0, 0.1) is 0 Å². The van der Waals surface area contributed by atoms with Gasteiger partial charge in [0.05, 0.1) is 0 Å². The lowest BCUT2D eigenvalue weighted by atomic mass is 10.3. The minimum absolute atomic E-state index is 0.305. The monoisotopic (exact) mass is 143 g/mol. The van der Waals surface area contributed by atoms with E-state index in [4.69, 9.17) is 10.5 Å². The van der Waals surface area contributed by atoms with Gasteiger partial charge in [0.25, 0.3) is 0 Å². The van der Waals surface area contributed by atoms with Crippen LogP contribution in [0.15, 0.2) is 0 Å². The van der Waals surface area contributed by atoms with Gasteiger partial charge in [-0.1, -0.05) is 6.92 Å². The van der Waals surface area contributed by atoms with Crippen molar-refractivity contribution in [2.75, 3.05) is 6.61 Å². The molecule has 1 fully saturated rings. The van der Waals surface area contributed by atoms with Crippen LogP contribution >= 0.6 is 0 Å². The van der Waals surface area contributed by atoms with Crippen LogP contribution in [0.1, 0.15) is 26.2 Å². The summed E-state index contributed by atoms with van der Waals surface area (Å²) in [6.45, 7) is 2.65. The van der Waals surface area contributed by atoms with E-state index in [0.29, 0.717) is 6.61 Å². The van der Waals surface area contributed by atoms with Gasteiger partial charge in [-0.15, -0.1) is 0 Å². The topological polar surface area (TPSA) is 52.3 Å². The lowest BCUT2D eigenvalue weighted by Gasteiger charge is -2.10. The fraction of sp³-hybridized carbons (Fsp3) is 0.857. The Kier molecular flexibility index (Phi) is 1.94. The van der Waals surface area contributed by atoms with E-state index in [9.17, 15) is 4.79 Å². The quantitative estimate of drug-likeness (QED) is 0.620. The molecule has 1 aliphatic carbocycles. The van der Waals surface area contributed by atoms with E-state index in [1.54, 1.807) is 0 Å². The molecule has 0 radical (unpaired) electrons. The Balaban J connectivity index is 2.31. The SMILES string of the molecule is CCCOC1(C(N)=O)CC1. The third kappa shape index (κ3) is 1.29. The van der Waals surface area contributed by atoms with E-state index in [1.165, 1.54) is 0 Å². The molecule has 0 atom stereocenters. The van der Waals surface area contributed by atoms with Crippen molar-refractivity contribution in [1.82, 2.24) is 0 Å². The van der Waals surface area contributed by atoms with Gasteiger partial charge in [0.2, 0.25) is 5.91 Å². The number of primary amides is 1. The zero-order valence-electron chi connectivity index (χ0n) is 6.22. The third-order valence-corrected chi connectivity index (χ3v) is 1.74. The predicted octanol–water partition coefficient (Wildman–Crippen LogP) is 0.431. The van der Waals surface area contributed by atoms with Crippen molar-refractivity contribution in [2.24, 2.45) is 5.73 Å². The molecule has 58 valence electrons. The fourth-order valence-electron chi connectivity index (χ4n) is 0.873. The number of carbonyl (C=O) groups excluding carboxylic acids is 1. The summed E-state index contributed by atoms with van der Waals surface area (Å²) in [4.78, 5) is 10.7. The molecule has 0 aliphatic heterocycles. The summed E-state index contributed by atoms with van der Waals surface area (Å²) >= 11 is 0. The highest BCUT2D eigenvalue weighted by Crippen LogP contribution is 2.39. The summed E-state index contributed by atoms with van der Waals surface area (Å²) in [7, 11) is 0. The first-order valence-corrected chi connectivity index (χ1v) is 3.65. The Hall–Kier alpha value is -0.570. The van der Waals surface area contributed by atoms with Gasteiger partial charge >= 0.3 is 0 Å². The van der Waals surface area contributed by atoms with Crippen molar-refractivity contribution in [2.45, 2.75) is 31.8 Å². The maximum absolute atomic E-state index is 10.7. The molecule has 1 aliphatic rings. The van der Waals surface area contributed by atoms with Gasteiger partial charge < -0.3 is 10.5 Å². The Bertz CT molecular complexity index is 141. The van der Waals surface area contributed by atoms with Crippen LogP contribution < -0.4 is 5.73 Å². The Morgan fingerprint density at radius 1 is 1.70 bits per heavy atom. The van der Waals surface area contributed by atoms with E-state index in [1.807, 2.05) is 6.92 Å². The predicted molar refractivity (Wildman–Crippen MR) is 37.4 cm³/mol. The van der Waals surface area contributed by atoms with Crippen LogP contribution in [-0.4, -0.2) is 18.1 Å². The van der Waals surface area contributed by atoms with Gasteiger partial charge in [-0.3, -0.25) is 4.79 Å². The molecule has 1 saturated carbocycles. The molecule has 0 heterocycles. The zero-order valence-corrected chi connectivity index (χ0v) is 6.22. The molecule has 0 aromatic rings. The standard InChI is InChI=1S/C7H13NO2/c1-2-5-10-7(3-4-7)6(8)9/h2-5H2,1H3,(H2,8,9). The van der Waals surface area contributed by atoms with Crippen LogP contribution in [0.5, 0.6) is 0 Å². The highest BCUT2D eigenvalue weighted by atomic mass is 16.5. The molecule has 0 spiro atoms. The summed E-state index contributed by atoms with van der Waals surface area (Å²) < 4.78 is 5.28. The van der Waals surface area contributed by atoms with E-state index in [2.05, 4.69) is 0 Å². The number of nitrogens with two attached hydrogens (primary N) is 1. The maximum atomic E-state index is 10.7. The molecule has 10 heavy (non-hydrogen) atoms. The van der Waals surface area contributed by atoms with Crippen molar-refractivity contribution in [3.63, 3.8) is 0 Å². The number of carbonyl (C=O) groups is 1. The molecule has 0 saturated heterocycles. The number of amides is 1. The summed E-state index contributed by atoms with van der Waals surface area (Å²) in [5.41, 5.74) is 4.55. The Morgan fingerprint density at radius 2 is 2.30 bits per heavy atom. The van der Waals surface area contributed by atoms with Gasteiger partial charge in [0, 0.05) is 6.61 Å². The van der Waals surface area contributed by atoms with Gasteiger partial charge in [0.1, 0.15) is 5.60 Å². The van der Waals surface area contributed by atoms with E-state index >= 15 is 0 Å². The summed E-state index contributed by atoms with van der Waals surface area (Å²) in [6.07, 6.45) is 2.56. The summed E-state index contributed by atoms with van der Waals surface area (Å²) in [6, 6.07) is 0. The second-order valence-electron chi connectivity index (χ2n) is 2.71. The molecular formula is C7H13NO2. The first-order valence-electron chi connectivity index (χ1n) is 3.65. The lowest BCUT2D eigenvalue weighted by molar-refractivity contribution is -0.132. The zero-order chi connectivity index (χ0) is 7.61. The van der Waals surface area contributed by atoms with Crippen LogP contribution in [0.2, 0.25) is 0 Å². The van der Waals surface area contributed by atoms with Gasteiger partial charge in [-0.05, 0) is 19.3 Å². The highest BCUT2D eigenvalue weighted by Gasteiger charge is 2.49. The Morgan fingerprint density at radius 3 is 2.60 bits per heavy atom. The average Bonchev–Trinajstić information content (AvgIpc) is 2.64. The van der Waals surface area contributed by atoms with Crippen LogP contribution in [-0.2, 0) is 9.53 Å². The van der Waals surface area contributed by atoms with E-state index < -0.39 is 5.60 Å². The van der Waals surface area contributed by atoms with E-state index in [-0.39, 0.29) is 5.91 Å².